The second-order valence-electron chi connectivity index (χ2n) is 6.49. The molecule has 0 bridgehead atoms. The van der Waals surface area contributed by atoms with Crippen molar-refractivity contribution in [2.75, 3.05) is 0 Å². The quantitative estimate of drug-likeness (QED) is 0.344. The van der Waals surface area contributed by atoms with E-state index in [1.807, 2.05) is 42.5 Å². The zero-order valence-electron chi connectivity index (χ0n) is 15.8. The maximum absolute atomic E-state index is 10.5. The number of aliphatic hydroxyl groups excluding tert-OH is 1. The minimum atomic E-state index is -0.750. The van der Waals surface area contributed by atoms with Crippen molar-refractivity contribution in [1.29, 1.82) is 0 Å². The van der Waals surface area contributed by atoms with E-state index in [1.165, 1.54) is 19.3 Å². The van der Waals surface area contributed by atoms with E-state index < -0.39 is 12.1 Å². The molecule has 0 amide bonds. The molecule has 0 aliphatic heterocycles. The van der Waals surface area contributed by atoms with Gasteiger partial charge in [0.15, 0.2) is 0 Å². The van der Waals surface area contributed by atoms with E-state index in [2.05, 4.69) is 25.1 Å². The van der Waals surface area contributed by atoms with Crippen LogP contribution in [0.15, 0.2) is 48.6 Å². The van der Waals surface area contributed by atoms with E-state index in [1.54, 1.807) is 0 Å². The first-order valence-corrected chi connectivity index (χ1v) is 9.61. The van der Waals surface area contributed by atoms with Gasteiger partial charge in [-0.1, -0.05) is 74.4 Å². The topological polar surface area (TPSA) is 57.5 Å². The van der Waals surface area contributed by atoms with Gasteiger partial charge >= 0.3 is 5.97 Å². The summed E-state index contributed by atoms with van der Waals surface area (Å²) in [5, 5.41) is 18.6. The Labute approximate surface area is 157 Å². The predicted octanol–water partition coefficient (Wildman–Crippen LogP) is 5.86. The summed E-state index contributed by atoms with van der Waals surface area (Å²) >= 11 is 0. The number of carboxylic acid groups (broad SMARTS) is 1. The van der Waals surface area contributed by atoms with Gasteiger partial charge in [0.1, 0.15) is 0 Å². The molecule has 142 valence electrons. The van der Waals surface area contributed by atoms with Crippen molar-refractivity contribution in [3.8, 4) is 0 Å². The van der Waals surface area contributed by atoms with Crippen LogP contribution in [-0.2, 0) is 4.79 Å². The monoisotopic (exact) mass is 356 g/mol. The molecule has 0 aliphatic rings. The molecule has 3 nitrogen and oxygen atoms in total. The van der Waals surface area contributed by atoms with Gasteiger partial charge < -0.3 is 10.2 Å². The van der Waals surface area contributed by atoms with E-state index >= 15 is 0 Å². The molecule has 0 radical (unpaired) electrons. The molecule has 0 heterocycles. The fraction of sp³-hybridized carbons (Fsp3) is 0.435. The standard InChI is InChI=1S/C23H32O3/c1-2-3-4-5-6-9-15-22(24)18-17-21-14-11-13-20(19-21)12-8-7-10-16-23(25)26/h6,8-9,11-14,17-19,22,24H,2-5,7,10,15-16H2,1H3,(H,25,26). The number of carboxylic acids is 1. The van der Waals surface area contributed by atoms with Crippen molar-refractivity contribution >= 4 is 18.1 Å². The highest BCUT2D eigenvalue weighted by Crippen LogP contribution is 2.11. The Morgan fingerprint density at radius 1 is 1.04 bits per heavy atom. The third-order valence-corrected chi connectivity index (χ3v) is 4.01. The first-order chi connectivity index (χ1) is 12.6. The number of hydrogen-bond acceptors (Lipinski definition) is 2. The average molecular weight is 357 g/mol. The lowest BCUT2D eigenvalue weighted by Gasteiger charge is -2.02. The Hall–Kier alpha value is -2.13. The Bertz CT molecular complexity index is 599. The Morgan fingerprint density at radius 2 is 1.77 bits per heavy atom. The van der Waals surface area contributed by atoms with Gasteiger partial charge in [0.25, 0.3) is 0 Å². The summed E-state index contributed by atoms with van der Waals surface area (Å²) in [5.41, 5.74) is 2.12. The van der Waals surface area contributed by atoms with Crippen molar-refractivity contribution in [3.63, 3.8) is 0 Å². The fourth-order valence-corrected chi connectivity index (χ4v) is 2.52. The summed E-state index contributed by atoms with van der Waals surface area (Å²) in [6, 6.07) is 8.06. The highest BCUT2D eigenvalue weighted by Gasteiger charge is 1.97. The second-order valence-corrected chi connectivity index (χ2v) is 6.49. The second kappa shape index (κ2) is 14.1. The molecule has 0 aromatic heterocycles. The van der Waals surface area contributed by atoms with Crippen LogP contribution in [0.2, 0.25) is 0 Å². The van der Waals surface area contributed by atoms with Crippen molar-refractivity contribution in [2.45, 2.75) is 64.4 Å². The summed E-state index contributed by atoms with van der Waals surface area (Å²) in [5.74, 6) is -0.750. The number of unbranched alkanes of at least 4 members (excludes halogenated alkanes) is 4. The molecular weight excluding hydrogens is 324 g/mol. The molecular formula is C23H32O3. The summed E-state index contributed by atoms with van der Waals surface area (Å²) in [6.45, 7) is 2.20. The molecule has 1 unspecified atom stereocenters. The van der Waals surface area contributed by atoms with E-state index in [9.17, 15) is 9.90 Å². The minimum absolute atomic E-state index is 0.206. The lowest BCUT2D eigenvalue weighted by molar-refractivity contribution is -0.137. The lowest BCUT2D eigenvalue weighted by Crippen LogP contribution is -1.98. The molecule has 0 saturated carbocycles. The highest BCUT2D eigenvalue weighted by molar-refractivity contribution is 5.66. The average Bonchev–Trinajstić information content (AvgIpc) is 2.63. The van der Waals surface area contributed by atoms with E-state index in [0.29, 0.717) is 12.8 Å². The van der Waals surface area contributed by atoms with Crippen LogP contribution in [0.3, 0.4) is 0 Å². The first-order valence-electron chi connectivity index (χ1n) is 9.61. The van der Waals surface area contributed by atoms with E-state index in [-0.39, 0.29) is 6.42 Å². The number of hydrogen-bond donors (Lipinski definition) is 2. The van der Waals surface area contributed by atoms with Gasteiger partial charge in [-0.25, -0.2) is 0 Å². The van der Waals surface area contributed by atoms with Gasteiger partial charge in [0, 0.05) is 6.42 Å². The van der Waals surface area contributed by atoms with Crippen LogP contribution in [0.4, 0.5) is 0 Å². The third-order valence-electron chi connectivity index (χ3n) is 4.01. The lowest BCUT2D eigenvalue weighted by atomic mass is 10.1. The van der Waals surface area contributed by atoms with Crippen LogP contribution in [0.5, 0.6) is 0 Å². The zero-order chi connectivity index (χ0) is 19.0. The maximum Gasteiger partial charge on any atom is 0.303 e. The molecule has 1 aromatic carbocycles. The Balaban J connectivity index is 2.40. The van der Waals surface area contributed by atoms with Crippen molar-refractivity contribution in [1.82, 2.24) is 0 Å². The molecule has 1 atom stereocenters. The molecule has 1 rings (SSSR count). The number of carbonyl (C=O) groups is 1. The summed E-state index contributed by atoms with van der Waals surface area (Å²) in [6.07, 6.45) is 18.6. The van der Waals surface area contributed by atoms with Gasteiger partial charge in [-0.2, -0.15) is 0 Å². The molecule has 0 aliphatic carbocycles. The summed E-state index contributed by atoms with van der Waals surface area (Å²) in [4.78, 5) is 10.5. The number of allylic oxidation sites excluding steroid dienone is 2. The highest BCUT2D eigenvalue weighted by atomic mass is 16.4. The molecule has 26 heavy (non-hydrogen) atoms. The van der Waals surface area contributed by atoms with Crippen LogP contribution in [0, 0.1) is 0 Å². The van der Waals surface area contributed by atoms with Crippen LogP contribution < -0.4 is 0 Å². The molecule has 1 aromatic rings. The fourth-order valence-electron chi connectivity index (χ4n) is 2.52. The predicted molar refractivity (Wildman–Crippen MR) is 110 cm³/mol. The number of aliphatic carboxylic acids is 1. The van der Waals surface area contributed by atoms with Crippen LogP contribution in [-0.4, -0.2) is 22.3 Å². The number of aliphatic hydroxyl groups is 1. The van der Waals surface area contributed by atoms with Crippen LogP contribution in [0.1, 0.15) is 69.4 Å². The summed E-state index contributed by atoms with van der Waals surface area (Å²) < 4.78 is 0. The normalized spacial score (nSPS) is 13.2. The smallest absolute Gasteiger partial charge is 0.303 e. The molecule has 0 spiro atoms. The van der Waals surface area contributed by atoms with Gasteiger partial charge in [0.05, 0.1) is 6.10 Å². The van der Waals surface area contributed by atoms with Gasteiger partial charge in [0.2, 0.25) is 0 Å². The van der Waals surface area contributed by atoms with Crippen LogP contribution >= 0.6 is 0 Å². The first kappa shape index (κ1) is 21.9. The van der Waals surface area contributed by atoms with Crippen molar-refractivity contribution < 1.29 is 15.0 Å². The maximum atomic E-state index is 10.5. The minimum Gasteiger partial charge on any atom is -0.481 e. The van der Waals surface area contributed by atoms with Crippen molar-refractivity contribution in [2.24, 2.45) is 0 Å². The van der Waals surface area contributed by atoms with Gasteiger partial charge in [-0.15, -0.1) is 0 Å². The Morgan fingerprint density at radius 3 is 2.50 bits per heavy atom. The number of benzene rings is 1. The Kier molecular flexibility index (Phi) is 11.9. The van der Waals surface area contributed by atoms with Gasteiger partial charge in [-0.3, -0.25) is 4.79 Å². The largest absolute Gasteiger partial charge is 0.481 e. The van der Waals surface area contributed by atoms with Crippen LogP contribution in [0.25, 0.3) is 12.2 Å². The SMILES string of the molecule is CCCCCC=CCC(O)C=Cc1cccc(C=CCCCC(=O)O)c1. The van der Waals surface area contributed by atoms with E-state index in [4.69, 9.17) is 5.11 Å². The van der Waals surface area contributed by atoms with E-state index in [0.717, 1.165) is 24.0 Å². The number of rotatable bonds is 13. The molecule has 0 saturated heterocycles. The molecule has 3 heteroatoms. The zero-order valence-corrected chi connectivity index (χ0v) is 15.8. The third kappa shape index (κ3) is 11.4. The van der Waals surface area contributed by atoms with Crippen molar-refractivity contribution in [3.05, 3.63) is 59.7 Å². The molecule has 0 fully saturated rings. The molecule has 2 N–H and O–H groups in total. The van der Waals surface area contributed by atoms with Gasteiger partial charge in [-0.05, 0) is 49.3 Å². The summed E-state index contributed by atoms with van der Waals surface area (Å²) in [7, 11) is 0.